The number of hydrogen-bond acceptors (Lipinski definition) is 5. The zero-order chi connectivity index (χ0) is 12.5. The van der Waals surface area contributed by atoms with Crippen molar-refractivity contribution in [3.05, 3.63) is 12.2 Å². The van der Waals surface area contributed by atoms with E-state index in [4.69, 9.17) is 0 Å². The molecule has 0 bridgehead atoms. The van der Waals surface area contributed by atoms with Crippen molar-refractivity contribution in [3.8, 4) is 0 Å². The van der Waals surface area contributed by atoms with Gasteiger partial charge in [-0.15, -0.1) is 0 Å². The minimum Gasteiger partial charge on any atom is -0.392 e. The smallest absolute Gasteiger partial charge is 0.150 e. The molecule has 1 aliphatic rings. The molecule has 0 saturated carbocycles. The molecule has 2 unspecified atom stereocenters. The van der Waals surface area contributed by atoms with Crippen molar-refractivity contribution < 1.29 is 13.5 Å². The second-order valence-electron chi connectivity index (χ2n) is 4.43. The van der Waals surface area contributed by atoms with Crippen molar-refractivity contribution in [3.63, 3.8) is 0 Å². The standard InChI is InChI=1S/C10H17N3O3S/c1-2-13-10(11-7-12-13)5-9(14)8-3-4-17(15,16)6-8/h7-9,14H,2-6H2,1H3. The van der Waals surface area contributed by atoms with Crippen LogP contribution < -0.4 is 0 Å². The summed E-state index contributed by atoms with van der Waals surface area (Å²) in [5, 5.41) is 14.0. The molecular weight excluding hydrogens is 242 g/mol. The van der Waals surface area contributed by atoms with Gasteiger partial charge in [0, 0.05) is 18.9 Å². The number of aliphatic hydroxyl groups is 1. The Labute approximate surface area is 101 Å². The van der Waals surface area contributed by atoms with Gasteiger partial charge < -0.3 is 5.11 Å². The van der Waals surface area contributed by atoms with Gasteiger partial charge in [-0.25, -0.2) is 13.4 Å². The zero-order valence-electron chi connectivity index (χ0n) is 9.78. The van der Waals surface area contributed by atoms with E-state index in [1.165, 1.54) is 6.33 Å². The first-order chi connectivity index (χ1) is 8.02. The van der Waals surface area contributed by atoms with E-state index in [0.29, 0.717) is 25.2 Å². The lowest BCUT2D eigenvalue weighted by atomic mass is 9.99. The molecule has 0 amide bonds. The van der Waals surface area contributed by atoms with Crippen LogP contribution in [0.15, 0.2) is 6.33 Å². The van der Waals surface area contributed by atoms with Crippen LogP contribution in [0.1, 0.15) is 19.2 Å². The van der Waals surface area contributed by atoms with Gasteiger partial charge in [0.05, 0.1) is 17.6 Å². The highest BCUT2D eigenvalue weighted by Gasteiger charge is 2.33. The van der Waals surface area contributed by atoms with E-state index in [-0.39, 0.29) is 17.4 Å². The first-order valence-corrected chi connectivity index (χ1v) is 7.59. The van der Waals surface area contributed by atoms with Gasteiger partial charge in [0.1, 0.15) is 12.2 Å². The molecule has 6 nitrogen and oxygen atoms in total. The van der Waals surface area contributed by atoms with E-state index in [9.17, 15) is 13.5 Å². The summed E-state index contributed by atoms with van der Waals surface area (Å²) in [6, 6.07) is 0. The Morgan fingerprint density at radius 1 is 1.65 bits per heavy atom. The SMILES string of the molecule is CCn1ncnc1CC(O)C1CCS(=O)(=O)C1. The summed E-state index contributed by atoms with van der Waals surface area (Å²) in [6.45, 7) is 2.65. The molecule has 2 atom stereocenters. The summed E-state index contributed by atoms with van der Waals surface area (Å²) < 4.78 is 24.4. The van der Waals surface area contributed by atoms with Crippen molar-refractivity contribution in [1.29, 1.82) is 0 Å². The largest absolute Gasteiger partial charge is 0.392 e. The van der Waals surface area contributed by atoms with Crippen LogP contribution in [0.2, 0.25) is 0 Å². The number of rotatable bonds is 4. The molecule has 2 heterocycles. The maximum Gasteiger partial charge on any atom is 0.150 e. The topological polar surface area (TPSA) is 85.1 Å². The second-order valence-corrected chi connectivity index (χ2v) is 6.66. The fourth-order valence-electron chi connectivity index (χ4n) is 2.19. The molecule has 1 aromatic rings. The fourth-order valence-corrected chi connectivity index (χ4v) is 4.06. The Kier molecular flexibility index (Phi) is 3.48. The van der Waals surface area contributed by atoms with Crippen molar-refractivity contribution >= 4 is 9.84 Å². The molecule has 0 aromatic carbocycles. The van der Waals surface area contributed by atoms with Gasteiger partial charge in [-0.3, -0.25) is 4.68 Å². The average Bonchev–Trinajstić information content (AvgIpc) is 2.84. The highest BCUT2D eigenvalue weighted by Crippen LogP contribution is 2.23. The second kappa shape index (κ2) is 4.73. The molecule has 1 N–H and O–H groups in total. The monoisotopic (exact) mass is 259 g/mol. The van der Waals surface area contributed by atoms with Crippen molar-refractivity contribution in [2.24, 2.45) is 5.92 Å². The van der Waals surface area contributed by atoms with Gasteiger partial charge in [0.2, 0.25) is 0 Å². The Morgan fingerprint density at radius 3 is 3.00 bits per heavy atom. The van der Waals surface area contributed by atoms with E-state index in [1.807, 2.05) is 6.92 Å². The van der Waals surface area contributed by atoms with E-state index < -0.39 is 15.9 Å². The number of aryl methyl sites for hydroxylation is 1. The normalized spacial score (nSPS) is 24.9. The Morgan fingerprint density at radius 2 is 2.41 bits per heavy atom. The summed E-state index contributed by atoms with van der Waals surface area (Å²) >= 11 is 0. The quantitative estimate of drug-likeness (QED) is 0.798. The molecule has 1 aliphatic heterocycles. The zero-order valence-corrected chi connectivity index (χ0v) is 10.6. The number of aromatic nitrogens is 3. The third-order valence-corrected chi connectivity index (χ3v) is 4.99. The molecule has 96 valence electrons. The molecular formula is C10H17N3O3S. The number of aliphatic hydroxyl groups excluding tert-OH is 1. The number of sulfone groups is 1. The van der Waals surface area contributed by atoms with Crippen LogP contribution in [0.3, 0.4) is 0 Å². The van der Waals surface area contributed by atoms with E-state index in [1.54, 1.807) is 4.68 Å². The summed E-state index contributed by atoms with van der Waals surface area (Å²) in [5.74, 6) is 0.829. The van der Waals surface area contributed by atoms with Crippen molar-refractivity contribution in [2.75, 3.05) is 11.5 Å². The predicted molar refractivity (Wildman–Crippen MR) is 62.2 cm³/mol. The highest BCUT2D eigenvalue weighted by atomic mass is 32.2. The van der Waals surface area contributed by atoms with Gasteiger partial charge in [-0.05, 0) is 13.3 Å². The molecule has 0 aliphatic carbocycles. The Bertz CT molecular complexity index is 483. The lowest BCUT2D eigenvalue weighted by Gasteiger charge is -2.16. The fraction of sp³-hybridized carbons (Fsp3) is 0.800. The molecule has 7 heteroatoms. The highest BCUT2D eigenvalue weighted by molar-refractivity contribution is 7.91. The van der Waals surface area contributed by atoms with Crippen LogP contribution in [-0.2, 0) is 22.8 Å². The van der Waals surface area contributed by atoms with Gasteiger partial charge in [0.25, 0.3) is 0 Å². The van der Waals surface area contributed by atoms with E-state index in [0.717, 1.165) is 0 Å². The third kappa shape index (κ3) is 2.84. The first-order valence-electron chi connectivity index (χ1n) is 5.77. The van der Waals surface area contributed by atoms with Crippen LogP contribution in [0, 0.1) is 5.92 Å². The van der Waals surface area contributed by atoms with Gasteiger partial charge in [-0.1, -0.05) is 0 Å². The number of hydrogen-bond donors (Lipinski definition) is 1. The van der Waals surface area contributed by atoms with Crippen LogP contribution >= 0.6 is 0 Å². The van der Waals surface area contributed by atoms with Crippen LogP contribution in [0.25, 0.3) is 0 Å². The van der Waals surface area contributed by atoms with Gasteiger partial charge >= 0.3 is 0 Å². The molecule has 1 saturated heterocycles. The van der Waals surface area contributed by atoms with Gasteiger partial charge in [0.15, 0.2) is 9.84 Å². The minimum atomic E-state index is -2.94. The van der Waals surface area contributed by atoms with Crippen LogP contribution in [0.5, 0.6) is 0 Å². The number of nitrogens with zero attached hydrogens (tertiary/aromatic N) is 3. The van der Waals surface area contributed by atoms with E-state index >= 15 is 0 Å². The molecule has 1 aromatic heterocycles. The van der Waals surface area contributed by atoms with Crippen molar-refractivity contribution in [1.82, 2.24) is 14.8 Å². The molecule has 0 spiro atoms. The molecule has 2 rings (SSSR count). The van der Waals surface area contributed by atoms with Gasteiger partial charge in [-0.2, -0.15) is 5.10 Å². The van der Waals surface area contributed by atoms with Crippen molar-refractivity contribution in [2.45, 2.75) is 32.4 Å². The minimum absolute atomic E-state index is 0.0917. The Hall–Kier alpha value is -0.950. The summed E-state index contributed by atoms with van der Waals surface area (Å²) in [7, 11) is -2.94. The first kappa shape index (κ1) is 12.5. The average molecular weight is 259 g/mol. The lowest BCUT2D eigenvalue weighted by molar-refractivity contribution is 0.116. The molecule has 0 radical (unpaired) electrons. The molecule has 1 fully saturated rings. The van der Waals surface area contributed by atoms with E-state index in [2.05, 4.69) is 10.1 Å². The van der Waals surface area contributed by atoms with Crippen LogP contribution in [0.4, 0.5) is 0 Å². The third-order valence-electron chi connectivity index (χ3n) is 3.20. The lowest BCUT2D eigenvalue weighted by Crippen LogP contribution is -2.25. The van der Waals surface area contributed by atoms with Crippen LogP contribution in [-0.4, -0.2) is 45.9 Å². The maximum absolute atomic E-state index is 11.3. The summed E-state index contributed by atoms with van der Waals surface area (Å²) in [5.41, 5.74) is 0. The summed E-state index contributed by atoms with van der Waals surface area (Å²) in [6.07, 6.45) is 1.72. The summed E-state index contributed by atoms with van der Waals surface area (Å²) in [4.78, 5) is 4.08. The maximum atomic E-state index is 11.3. The predicted octanol–water partition coefficient (Wildman–Crippen LogP) is -0.364. The molecule has 17 heavy (non-hydrogen) atoms. The Balaban J connectivity index is 2.00.